The van der Waals surface area contributed by atoms with E-state index in [2.05, 4.69) is 18.0 Å². The van der Waals surface area contributed by atoms with E-state index in [1.165, 1.54) is 11.1 Å². The predicted molar refractivity (Wildman–Crippen MR) is 93.0 cm³/mol. The second-order valence-electron chi connectivity index (χ2n) is 6.28. The molecule has 0 N–H and O–H groups in total. The van der Waals surface area contributed by atoms with E-state index >= 15 is 0 Å². The summed E-state index contributed by atoms with van der Waals surface area (Å²) in [5.74, 6) is 0.486. The average Bonchev–Trinajstić information content (AvgIpc) is 2.54. The third kappa shape index (κ3) is 3.56. The van der Waals surface area contributed by atoms with Crippen LogP contribution in [0.5, 0.6) is 0 Å². The van der Waals surface area contributed by atoms with Gasteiger partial charge in [0.05, 0.1) is 0 Å². The molecule has 0 saturated carbocycles. The van der Waals surface area contributed by atoms with Crippen LogP contribution < -0.4 is 0 Å². The number of aryl methyl sites for hydroxylation is 2. The highest BCUT2D eigenvalue weighted by Gasteiger charge is 2.26. The first-order valence-corrected chi connectivity index (χ1v) is 8.40. The zero-order valence-electron chi connectivity index (χ0n) is 13.6. The van der Waals surface area contributed by atoms with Crippen molar-refractivity contribution in [2.24, 2.45) is 0 Å². The summed E-state index contributed by atoms with van der Waals surface area (Å²) >= 11 is 6.06. The molecule has 0 bridgehead atoms. The first kappa shape index (κ1) is 16.0. The lowest BCUT2D eigenvalue weighted by atomic mass is 9.88. The molecule has 0 radical (unpaired) electrons. The van der Waals surface area contributed by atoms with Gasteiger partial charge in [-0.1, -0.05) is 17.7 Å². The molecule has 3 nitrogen and oxygen atoms in total. The van der Waals surface area contributed by atoms with Crippen LogP contribution in [0.2, 0.25) is 5.02 Å². The van der Waals surface area contributed by atoms with E-state index in [4.69, 9.17) is 11.6 Å². The molecule has 1 aliphatic rings. The molecule has 1 fully saturated rings. The highest BCUT2D eigenvalue weighted by molar-refractivity contribution is 6.30. The lowest BCUT2D eigenvalue weighted by molar-refractivity contribution is 0.0706. The van der Waals surface area contributed by atoms with Gasteiger partial charge in [0.1, 0.15) is 0 Å². The molecular formula is C19H21ClN2O. The van der Waals surface area contributed by atoms with Gasteiger partial charge in [-0.15, -0.1) is 0 Å². The summed E-state index contributed by atoms with van der Waals surface area (Å²) in [5, 5.41) is 0.766. The van der Waals surface area contributed by atoms with Crippen molar-refractivity contribution >= 4 is 17.5 Å². The van der Waals surface area contributed by atoms with Crippen molar-refractivity contribution < 1.29 is 4.79 Å². The normalized spacial score (nSPS) is 18.0. The summed E-state index contributed by atoms with van der Waals surface area (Å²) < 4.78 is 0. The minimum Gasteiger partial charge on any atom is -0.338 e. The highest BCUT2D eigenvalue weighted by atomic mass is 35.5. The summed E-state index contributed by atoms with van der Waals surface area (Å²) in [5.41, 5.74) is 4.11. The summed E-state index contributed by atoms with van der Waals surface area (Å²) in [4.78, 5) is 18.9. The molecule has 1 amide bonds. The van der Waals surface area contributed by atoms with Crippen molar-refractivity contribution in [3.8, 4) is 0 Å². The number of amides is 1. The third-order valence-corrected chi connectivity index (χ3v) is 4.76. The fourth-order valence-electron chi connectivity index (χ4n) is 3.37. The number of carbonyl (C=O) groups is 1. The molecule has 23 heavy (non-hydrogen) atoms. The monoisotopic (exact) mass is 328 g/mol. The van der Waals surface area contributed by atoms with Crippen LogP contribution in [-0.4, -0.2) is 28.9 Å². The molecule has 1 saturated heterocycles. The number of pyridine rings is 1. The Labute approximate surface area is 142 Å². The molecule has 0 spiro atoms. The first-order chi connectivity index (χ1) is 11.0. The Morgan fingerprint density at radius 3 is 2.83 bits per heavy atom. The Morgan fingerprint density at radius 1 is 1.26 bits per heavy atom. The number of rotatable bonds is 2. The Balaban J connectivity index is 1.79. The van der Waals surface area contributed by atoms with Gasteiger partial charge in [0.2, 0.25) is 0 Å². The molecule has 2 heterocycles. The van der Waals surface area contributed by atoms with Gasteiger partial charge >= 0.3 is 0 Å². The maximum absolute atomic E-state index is 12.7. The second kappa shape index (κ2) is 6.71. The number of hydrogen-bond donors (Lipinski definition) is 0. The number of hydrogen-bond acceptors (Lipinski definition) is 2. The Morgan fingerprint density at radius 2 is 2.09 bits per heavy atom. The summed E-state index contributed by atoms with van der Waals surface area (Å²) in [6, 6.07) is 9.71. The molecule has 1 aromatic heterocycles. The van der Waals surface area contributed by atoms with E-state index in [0.29, 0.717) is 5.92 Å². The van der Waals surface area contributed by atoms with Gasteiger partial charge in [-0.2, -0.15) is 0 Å². The number of aromatic nitrogens is 1. The molecule has 4 heteroatoms. The topological polar surface area (TPSA) is 33.2 Å². The number of piperidine rings is 1. The van der Waals surface area contributed by atoms with E-state index in [1.807, 2.05) is 30.0 Å². The van der Waals surface area contributed by atoms with Crippen LogP contribution >= 0.6 is 11.6 Å². The Kier molecular flexibility index (Phi) is 4.67. The molecule has 3 rings (SSSR count). The van der Waals surface area contributed by atoms with Gasteiger partial charge in [-0.25, -0.2) is 0 Å². The highest BCUT2D eigenvalue weighted by Crippen LogP contribution is 2.31. The molecule has 0 unspecified atom stereocenters. The van der Waals surface area contributed by atoms with Crippen LogP contribution in [0.1, 0.15) is 45.9 Å². The molecule has 1 aromatic carbocycles. The van der Waals surface area contributed by atoms with Crippen molar-refractivity contribution in [2.75, 3.05) is 13.1 Å². The smallest absolute Gasteiger partial charge is 0.253 e. The Bertz CT molecular complexity index is 729. The molecule has 1 atom stereocenters. The lowest BCUT2D eigenvalue weighted by Gasteiger charge is -2.34. The summed E-state index contributed by atoms with van der Waals surface area (Å²) in [6.07, 6.45) is 3.84. The van der Waals surface area contributed by atoms with E-state index in [9.17, 15) is 4.79 Å². The van der Waals surface area contributed by atoms with Crippen LogP contribution in [0.25, 0.3) is 0 Å². The van der Waals surface area contributed by atoms with Crippen LogP contribution in [0.15, 0.2) is 36.5 Å². The molecular weight excluding hydrogens is 308 g/mol. The van der Waals surface area contributed by atoms with Gasteiger partial charge in [-0.05, 0) is 62.1 Å². The van der Waals surface area contributed by atoms with Crippen molar-refractivity contribution in [1.82, 2.24) is 9.88 Å². The van der Waals surface area contributed by atoms with Crippen LogP contribution in [-0.2, 0) is 0 Å². The standard InChI is InChI=1S/C19H21ClN2O/c1-13-10-17(20)5-6-18(13)16-4-3-9-22(12-16)19(23)15-7-8-21-14(2)11-15/h5-8,10-11,16H,3-4,9,12H2,1-2H3/t16-/m0/s1. The molecule has 2 aromatic rings. The van der Waals surface area contributed by atoms with Gasteiger partial charge in [0.25, 0.3) is 5.91 Å². The fraction of sp³-hybridized carbons (Fsp3) is 0.368. The van der Waals surface area contributed by atoms with Crippen LogP contribution in [0.4, 0.5) is 0 Å². The summed E-state index contributed by atoms with van der Waals surface area (Å²) in [7, 11) is 0. The van der Waals surface area contributed by atoms with E-state index in [0.717, 1.165) is 42.2 Å². The minimum absolute atomic E-state index is 0.104. The van der Waals surface area contributed by atoms with Crippen molar-refractivity contribution in [3.05, 3.63) is 63.9 Å². The molecule has 1 aliphatic heterocycles. The first-order valence-electron chi connectivity index (χ1n) is 8.02. The fourth-order valence-corrected chi connectivity index (χ4v) is 3.60. The Hall–Kier alpha value is -1.87. The zero-order chi connectivity index (χ0) is 16.4. The van der Waals surface area contributed by atoms with Crippen molar-refractivity contribution in [2.45, 2.75) is 32.6 Å². The maximum Gasteiger partial charge on any atom is 0.253 e. The van der Waals surface area contributed by atoms with Crippen molar-refractivity contribution in [3.63, 3.8) is 0 Å². The number of carbonyl (C=O) groups excluding carboxylic acids is 1. The second-order valence-corrected chi connectivity index (χ2v) is 6.71. The zero-order valence-corrected chi connectivity index (χ0v) is 14.3. The number of benzene rings is 1. The van der Waals surface area contributed by atoms with E-state index in [1.54, 1.807) is 12.3 Å². The van der Waals surface area contributed by atoms with Gasteiger partial charge in [0.15, 0.2) is 0 Å². The average molecular weight is 329 g/mol. The number of likely N-dealkylation sites (tertiary alicyclic amines) is 1. The lowest BCUT2D eigenvalue weighted by Crippen LogP contribution is -2.39. The SMILES string of the molecule is Cc1cc(C(=O)N2CCC[C@H](c3ccc(Cl)cc3C)C2)ccn1. The third-order valence-electron chi connectivity index (χ3n) is 4.52. The maximum atomic E-state index is 12.7. The quantitative estimate of drug-likeness (QED) is 0.820. The van der Waals surface area contributed by atoms with Crippen molar-refractivity contribution in [1.29, 1.82) is 0 Å². The molecule has 0 aliphatic carbocycles. The largest absolute Gasteiger partial charge is 0.338 e. The summed E-state index contributed by atoms with van der Waals surface area (Å²) in [6.45, 7) is 5.59. The van der Waals surface area contributed by atoms with Gasteiger partial charge < -0.3 is 4.90 Å². The minimum atomic E-state index is 0.104. The van der Waals surface area contributed by atoms with E-state index in [-0.39, 0.29) is 5.91 Å². The van der Waals surface area contributed by atoms with Gasteiger partial charge in [0, 0.05) is 41.5 Å². The van der Waals surface area contributed by atoms with Crippen LogP contribution in [0, 0.1) is 13.8 Å². The number of nitrogens with zero attached hydrogens (tertiary/aromatic N) is 2. The van der Waals surface area contributed by atoms with E-state index < -0.39 is 0 Å². The predicted octanol–water partition coefficient (Wildman–Crippen LogP) is 4.37. The van der Waals surface area contributed by atoms with Gasteiger partial charge in [-0.3, -0.25) is 9.78 Å². The number of halogens is 1. The molecule has 120 valence electrons. The van der Waals surface area contributed by atoms with Crippen LogP contribution in [0.3, 0.4) is 0 Å².